The van der Waals surface area contributed by atoms with Crippen molar-refractivity contribution in [1.82, 2.24) is 9.78 Å². The van der Waals surface area contributed by atoms with Crippen LogP contribution in [0.5, 0.6) is 0 Å². The molecule has 3 rings (SSSR count). The van der Waals surface area contributed by atoms with E-state index in [1.165, 1.54) is 5.56 Å². The summed E-state index contributed by atoms with van der Waals surface area (Å²) in [6.07, 6.45) is 1.66. The van der Waals surface area contributed by atoms with Crippen LogP contribution in [-0.2, 0) is 6.54 Å². The molecule has 28 heavy (non-hydrogen) atoms. The zero-order chi connectivity index (χ0) is 20.3. The number of aryl methyl sites for hydroxylation is 3. The molecule has 1 heterocycles. The van der Waals surface area contributed by atoms with Gasteiger partial charge in [0.1, 0.15) is 11.6 Å². The smallest absolute Gasteiger partial charge is 0.203 e. The van der Waals surface area contributed by atoms with Crippen LogP contribution in [0.3, 0.4) is 0 Å². The van der Waals surface area contributed by atoms with Gasteiger partial charge in [-0.15, -0.1) is 0 Å². The quantitative estimate of drug-likeness (QED) is 0.363. The van der Waals surface area contributed by atoms with Gasteiger partial charge in [-0.3, -0.25) is 9.48 Å². The molecule has 0 radical (unpaired) electrons. The van der Waals surface area contributed by atoms with Gasteiger partial charge in [-0.2, -0.15) is 10.4 Å². The Morgan fingerprint density at radius 2 is 1.79 bits per heavy atom. The van der Waals surface area contributed by atoms with Crippen molar-refractivity contribution in [3.05, 3.63) is 93.3 Å². The van der Waals surface area contributed by atoms with E-state index in [2.05, 4.69) is 42.4 Å². The fourth-order valence-corrected chi connectivity index (χ4v) is 3.17. The predicted molar refractivity (Wildman–Crippen MR) is 111 cm³/mol. The summed E-state index contributed by atoms with van der Waals surface area (Å²) in [7, 11) is 0. The first-order chi connectivity index (χ1) is 13.4. The lowest BCUT2D eigenvalue weighted by Crippen LogP contribution is -2.04. The summed E-state index contributed by atoms with van der Waals surface area (Å²) in [5.41, 5.74) is 6.56. The molecular weight excluding hydrogens is 346 g/mol. The van der Waals surface area contributed by atoms with Crippen molar-refractivity contribution in [2.24, 2.45) is 0 Å². The number of nitrogens with zero attached hydrogens (tertiary/aromatic N) is 3. The van der Waals surface area contributed by atoms with Gasteiger partial charge in [0.05, 0.1) is 12.2 Å². The van der Waals surface area contributed by atoms with Gasteiger partial charge in [0.15, 0.2) is 0 Å². The van der Waals surface area contributed by atoms with E-state index in [9.17, 15) is 10.1 Å². The fraction of sp³-hybridized carbons (Fsp3) is 0.208. The van der Waals surface area contributed by atoms with E-state index in [1.54, 1.807) is 18.2 Å². The van der Waals surface area contributed by atoms with Gasteiger partial charge in [-0.05, 0) is 45.4 Å². The van der Waals surface area contributed by atoms with Crippen LogP contribution in [0.4, 0.5) is 0 Å². The van der Waals surface area contributed by atoms with Crippen LogP contribution in [0, 0.1) is 39.0 Å². The molecule has 0 atom stereocenters. The topological polar surface area (TPSA) is 58.7 Å². The van der Waals surface area contributed by atoms with Gasteiger partial charge in [-0.1, -0.05) is 53.6 Å². The number of Topliss-reactive ketones (excluding diaryl/α,β-unsaturated/α-hetero) is 1. The third kappa shape index (κ3) is 4.10. The van der Waals surface area contributed by atoms with Gasteiger partial charge in [0, 0.05) is 16.8 Å². The Morgan fingerprint density at radius 3 is 2.43 bits per heavy atom. The van der Waals surface area contributed by atoms with Crippen molar-refractivity contribution < 1.29 is 4.79 Å². The van der Waals surface area contributed by atoms with Crippen molar-refractivity contribution >= 4 is 11.9 Å². The molecule has 3 aromatic rings. The lowest BCUT2D eigenvalue weighted by Gasteiger charge is -2.06. The maximum atomic E-state index is 12.8. The van der Waals surface area contributed by atoms with Crippen LogP contribution < -0.4 is 0 Å². The third-order valence-corrected chi connectivity index (χ3v) is 4.82. The summed E-state index contributed by atoms with van der Waals surface area (Å²) in [4.78, 5) is 12.8. The van der Waals surface area contributed by atoms with Gasteiger partial charge in [0.2, 0.25) is 5.78 Å². The number of nitriles is 1. The van der Waals surface area contributed by atoms with E-state index in [0.717, 1.165) is 28.1 Å². The maximum absolute atomic E-state index is 12.8. The molecule has 4 nitrogen and oxygen atoms in total. The average molecular weight is 369 g/mol. The highest BCUT2D eigenvalue weighted by atomic mass is 16.1. The number of aromatic nitrogens is 2. The van der Waals surface area contributed by atoms with Crippen molar-refractivity contribution in [1.29, 1.82) is 5.26 Å². The first-order valence-corrected chi connectivity index (χ1v) is 9.21. The van der Waals surface area contributed by atoms with E-state index in [-0.39, 0.29) is 11.4 Å². The number of rotatable bonds is 5. The maximum Gasteiger partial charge on any atom is 0.203 e. The summed E-state index contributed by atoms with van der Waals surface area (Å²) in [5, 5.41) is 14.2. The second-order valence-electron chi connectivity index (χ2n) is 7.10. The minimum absolute atomic E-state index is 0.117. The van der Waals surface area contributed by atoms with Gasteiger partial charge < -0.3 is 0 Å². The van der Waals surface area contributed by atoms with Crippen LogP contribution >= 0.6 is 0 Å². The molecule has 0 fully saturated rings. The normalized spacial score (nSPS) is 11.3. The molecule has 4 heteroatoms. The second-order valence-corrected chi connectivity index (χ2v) is 7.10. The Labute approximate surface area is 165 Å². The predicted octanol–water partition coefficient (Wildman–Crippen LogP) is 4.95. The third-order valence-electron chi connectivity index (χ3n) is 4.82. The molecular formula is C24H23N3O. The van der Waals surface area contributed by atoms with E-state index >= 15 is 0 Å². The molecule has 0 bridgehead atoms. The molecule has 0 saturated heterocycles. The SMILES string of the molecule is Cc1ccc(Cn2nc(C)c(C=C(C#N)C(=O)c3cccc(C)c3)c2C)cc1. The number of hydrogen-bond acceptors (Lipinski definition) is 3. The molecule has 0 aliphatic heterocycles. The average Bonchev–Trinajstić information content (AvgIpc) is 2.94. The summed E-state index contributed by atoms with van der Waals surface area (Å²) >= 11 is 0. The Hall–Kier alpha value is -3.45. The largest absolute Gasteiger partial charge is 0.288 e. The number of allylic oxidation sites excluding steroid dienone is 1. The molecule has 0 aliphatic carbocycles. The Morgan fingerprint density at radius 1 is 1.07 bits per heavy atom. The highest BCUT2D eigenvalue weighted by molar-refractivity contribution is 6.14. The van der Waals surface area contributed by atoms with Gasteiger partial charge in [-0.25, -0.2) is 0 Å². The number of carbonyl (C=O) groups excluding carboxylic acids is 1. The highest BCUT2D eigenvalue weighted by Crippen LogP contribution is 2.20. The molecule has 0 saturated carbocycles. The van der Waals surface area contributed by atoms with E-state index < -0.39 is 0 Å². The lowest BCUT2D eigenvalue weighted by molar-refractivity contribution is 0.104. The number of hydrogen-bond donors (Lipinski definition) is 0. The molecule has 1 aromatic heterocycles. The monoisotopic (exact) mass is 369 g/mol. The first-order valence-electron chi connectivity index (χ1n) is 9.21. The molecule has 0 amide bonds. The van der Waals surface area contributed by atoms with Crippen molar-refractivity contribution in [3.8, 4) is 6.07 Å². The Balaban J connectivity index is 1.94. The summed E-state index contributed by atoms with van der Waals surface area (Å²) in [6.45, 7) is 8.50. The van der Waals surface area contributed by atoms with Crippen LogP contribution in [-0.4, -0.2) is 15.6 Å². The number of carbonyl (C=O) groups is 1. The first kappa shape index (κ1) is 19.3. The fourth-order valence-electron chi connectivity index (χ4n) is 3.17. The molecule has 0 spiro atoms. The second kappa shape index (κ2) is 8.06. The van der Waals surface area contributed by atoms with Gasteiger partial charge >= 0.3 is 0 Å². The zero-order valence-electron chi connectivity index (χ0n) is 16.7. The lowest BCUT2D eigenvalue weighted by atomic mass is 10.00. The molecule has 2 aromatic carbocycles. The van der Waals surface area contributed by atoms with E-state index in [0.29, 0.717) is 12.1 Å². The van der Waals surface area contributed by atoms with Crippen LogP contribution in [0.2, 0.25) is 0 Å². The van der Waals surface area contributed by atoms with Crippen molar-refractivity contribution in [2.45, 2.75) is 34.2 Å². The highest BCUT2D eigenvalue weighted by Gasteiger charge is 2.16. The summed E-state index contributed by atoms with van der Waals surface area (Å²) < 4.78 is 1.91. The van der Waals surface area contributed by atoms with Gasteiger partial charge in [0.25, 0.3) is 0 Å². The summed E-state index contributed by atoms with van der Waals surface area (Å²) in [6, 6.07) is 17.7. The molecule has 0 N–H and O–H groups in total. The molecule has 140 valence electrons. The van der Waals surface area contributed by atoms with Crippen LogP contribution in [0.15, 0.2) is 54.1 Å². The Kier molecular flexibility index (Phi) is 5.56. The molecule has 0 unspecified atom stereocenters. The van der Waals surface area contributed by atoms with Crippen molar-refractivity contribution in [3.63, 3.8) is 0 Å². The minimum atomic E-state index is -0.267. The number of ketones is 1. The Bertz CT molecular complexity index is 1100. The van der Waals surface area contributed by atoms with E-state index in [4.69, 9.17) is 0 Å². The van der Waals surface area contributed by atoms with Crippen molar-refractivity contribution in [2.75, 3.05) is 0 Å². The minimum Gasteiger partial charge on any atom is -0.288 e. The van der Waals surface area contributed by atoms with Crippen LogP contribution in [0.25, 0.3) is 6.08 Å². The van der Waals surface area contributed by atoms with Crippen LogP contribution in [0.1, 0.15) is 44.0 Å². The summed E-state index contributed by atoms with van der Waals surface area (Å²) in [5.74, 6) is -0.267. The van der Waals surface area contributed by atoms with E-state index in [1.807, 2.05) is 37.6 Å². The molecule has 0 aliphatic rings. The number of benzene rings is 2. The standard InChI is InChI=1S/C24H23N3O/c1-16-8-10-20(11-9-16)15-27-19(4)23(18(3)26-27)13-22(14-25)24(28)21-7-5-6-17(2)12-21/h5-13H,15H2,1-4H3. The zero-order valence-corrected chi connectivity index (χ0v) is 16.7.